The van der Waals surface area contributed by atoms with Crippen LogP contribution in [0.15, 0.2) is 46.6 Å². The van der Waals surface area contributed by atoms with Gasteiger partial charge >= 0.3 is 0 Å². The Hall–Kier alpha value is -2.38. The first-order chi connectivity index (χ1) is 11.3. The van der Waals surface area contributed by atoms with Crippen molar-refractivity contribution >= 4 is 45.2 Å². The van der Waals surface area contributed by atoms with Crippen LogP contribution in [0, 0.1) is 10.1 Å². The molecule has 0 aliphatic rings. The van der Waals surface area contributed by atoms with Crippen molar-refractivity contribution in [3.05, 3.63) is 72.8 Å². The molecule has 2 aromatic carbocycles. The number of allylic oxidation sites excluding steroid dienone is 1. The van der Waals surface area contributed by atoms with Crippen LogP contribution in [0.1, 0.15) is 22.8 Å². The van der Waals surface area contributed by atoms with Crippen molar-refractivity contribution in [1.82, 2.24) is 0 Å². The van der Waals surface area contributed by atoms with Crippen molar-refractivity contribution in [2.24, 2.45) is 0 Å². The number of carbonyl (C=O) groups is 1. The van der Waals surface area contributed by atoms with E-state index in [4.69, 9.17) is 11.6 Å². The van der Waals surface area contributed by atoms with Crippen molar-refractivity contribution in [2.75, 3.05) is 5.32 Å². The van der Waals surface area contributed by atoms with Gasteiger partial charge in [-0.15, -0.1) is 0 Å². The number of anilines is 1. The summed E-state index contributed by atoms with van der Waals surface area (Å²) in [6.45, 7) is 1.30. The third kappa shape index (κ3) is 4.12. The molecule has 2 aromatic rings. The maximum Gasteiger partial charge on any atom is 0.257 e. The molecular formula is C16H12BrClN2O4. The third-order valence-corrected chi connectivity index (χ3v) is 4.05. The fraction of sp³-hybridized carbons (Fsp3) is 0.0625. The molecule has 0 spiro atoms. The van der Waals surface area contributed by atoms with E-state index in [1.807, 2.05) is 0 Å². The lowest BCUT2D eigenvalue weighted by atomic mass is 10.0. The van der Waals surface area contributed by atoms with Gasteiger partial charge in [0.25, 0.3) is 5.91 Å². The zero-order chi connectivity index (χ0) is 17.9. The van der Waals surface area contributed by atoms with Crippen molar-refractivity contribution < 1.29 is 14.8 Å². The van der Waals surface area contributed by atoms with Gasteiger partial charge in [0.05, 0.1) is 15.5 Å². The van der Waals surface area contributed by atoms with Gasteiger partial charge in [-0.05, 0) is 35.9 Å². The van der Waals surface area contributed by atoms with Crippen molar-refractivity contribution in [3.63, 3.8) is 0 Å². The number of nitro groups is 1. The maximum absolute atomic E-state index is 12.5. The van der Waals surface area contributed by atoms with Gasteiger partial charge in [0.1, 0.15) is 5.75 Å². The molecule has 6 nitrogen and oxygen atoms in total. The Bertz CT molecular complexity index is 835. The molecule has 24 heavy (non-hydrogen) atoms. The normalized spacial score (nSPS) is 11.2. The van der Waals surface area contributed by atoms with Crippen molar-refractivity contribution in [2.45, 2.75) is 6.92 Å². The molecular weight excluding hydrogens is 400 g/mol. The van der Waals surface area contributed by atoms with Crippen LogP contribution >= 0.6 is 27.5 Å². The molecule has 0 aromatic heterocycles. The standard InChI is InChI=1S/C16H12BrClN2O4/c1-9(20(23)24)8-10-2-7-13(21)15(18)14(10)16(22)19-12-5-3-11(17)4-6-12/h2-8,21H,1H3,(H,19,22). The van der Waals surface area contributed by atoms with E-state index in [0.717, 1.165) is 4.47 Å². The molecule has 0 unspecified atom stereocenters. The first-order valence-corrected chi connectivity index (χ1v) is 7.87. The second kappa shape index (κ2) is 7.46. The fourth-order valence-electron chi connectivity index (χ4n) is 1.94. The van der Waals surface area contributed by atoms with Gasteiger partial charge in [-0.2, -0.15) is 0 Å². The molecule has 0 bridgehead atoms. The lowest BCUT2D eigenvalue weighted by molar-refractivity contribution is -0.422. The molecule has 1 amide bonds. The number of benzene rings is 2. The summed E-state index contributed by atoms with van der Waals surface area (Å²) in [5.41, 5.74) is 0.556. The Morgan fingerprint density at radius 2 is 1.92 bits per heavy atom. The molecule has 0 aliphatic carbocycles. The van der Waals surface area contributed by atoms with Gasteiger partial charge in [0.15, 0.2) is 0 Å². The van der Waals surface area contributed by atoms with Gasteiger partial charge in [0, 0.05) is 23.2 Å². The van der Waals surface area contributed by atoms with Gasteiger partial charge in [-0.25, -0.2) is 0 Å². The molecule has 0 aliphatic heterocycles. The Morgan fingerprint density at radius 3 is 2.50 bits per heavy atom. The minimum absolute atomic E-state index is 0.0409. The first kappa shape index (κ1) is 18.0. The van der Waals surface area contributed by atoms with E-state index in [-0.39, 0.29) is 27.6 Å². The summed E-state index contributed by atoms with van der Waals surface area (Å²) in [7, 11) is 0. The van der Waals surface area contributed by atoms with Gasteiger partial charge < -0.3 is 10.4 Å². The van der Waals surface area contributed by atoms with E-state index >= 15 is 0 Å². The Kier molecular flexibility index (Phi) is 5.58. The Labute approximate surface area is 151 Å². The van der Waals surface area contributed by atoms with Gasteiger partial charge in [-0.3, -0.25) is 14.9 Å². The van der Waals surface area contributed by atoms with Crippen LogP contribution < -0.4 is 5.32 Å². The number of nitrogens with one attached hydrogen (secondary N) is 1. The van der Waals surface area contributed by atoms with Crippen LogP contribution in [0.25, 0.3) is 6.08 Å². The number of nitrogens with zero attached hydrogens (tertiary/aromatic N) is 1. The second-order valence-corrected chi connectivity index (χ2v) is 6.16. The van der Waals surface area contributed by atoms with Gasteiger partial charge in [0.2, 0.25) is 5.70 Å². The van der Waals surface area contributed by atoms with Crippen LogP contribution in [-0.4, -0.2) is 15.9 Å². The number of phenols is 1. The highest BCUT2D eigenvalue weighted by Gasteiger charge is 2.19. The van der Waals surface area contributed by atoms with Crippen molar-refractivity contribution in [1.29, 1.82) is 0 Å². The molecule has 0 heterocycles. The van der Waals surface area contributed by atoms with E-state index < -0.39 is 10.8 Å². The number of halogens is 2. The molecule has 8 heteroatoms. The molecule has 0 atom stereocenters. The minimum Gasteiger partial charge on any atom is -0.506 e. The van der Waals surface area contributed by atoms with E-state index in [1.54, 1.807) is 24.3 Å². The summed E-state index contributed by atoms with van der Waals surface area (Å²) >= 11 is 9.32. The summed E-state index contributed by atoms with van der Waals surface area (Å²) in [6, 6.07) is 9.52. The maximum atomic E-state index is 12.5. The lowest BCUT2D eigenvalue weighted by Crippen LogP contribution is -2.14. The first-order valence-electron chi connectivity index (χ1n) is 6.70. The van der Waals surface area contributed by atoms with E-state index in [9.17, 15) is 20.0 Å². The Balaban J connectivity index is 2.45. The largest absolute Gasteiger partial charge is 0.506 e. The molecule has 124 valence electrons. The highest BCUT2D eigenvalue weighted by Crippen LogP contribution is 2.31. The highest BCUT2D eigenvalue weighted by molar-refractivity contribution is 9.10. The molecule has 0 saturated heterocycles. The molecule has 0 saturated carbocycles. The number of rotatable bonds is 4. The van der Waals surface area contributed by atoms with Gasteiger partial charge in [-0.1, -0.05) is 33.6 Å². The molecule has 2 rings (SSSR count). The topological polar surface area (TPSA) is 92.5 Å². The van der Waals surface area contributed by atoms with Crippen LogP contribution in [0.2, 0.25) is 5.02 Å². The van der Waals surface area contributed by atoms with Crippen LogP contribution in [-0.2, 0) is 0 Å². The van der Waals surface area contributed by atoms with E-state index in [0.29, 0.717) is 5.69 Å². The lowest BCUT2D eigenvalue weighted by Gasteiger charge is -2.11. The highest BCUT2D eigenvalue weighted by atomic mass is 79.9. The van der Waals surface area contributed by atoms with E-state index in [1.165, 1.54) is 25.1 Å². The average molecular weight is 412 g/mol. The second-order valence-electron chi connectivity index (χ2n) is 4.87. The number of amides is 1. The summed E-state index contributed by atoms with van der Waals surface area (Å²) < 4.78 is 0.848. The zero-order valence-electron chi connectivity index (χ0n) is 12.4. The number of carbonyl (C=O) groups excluding carboxylic acids is 1. The average Bonchev–Trinajstić information content (AvgIpc) is 2.53. The monoisotopic (exact) mass is 410 g/mol. The van der Waals surface area contributed by atoms with Crippen LogP contribution in [0.5, 0.6) is 5.75 Å². The van der Waals surface area contributed by atoms with Crippen molar-refractivity contribution in [3.8, 4) is 5.75 Å². The Morgan fingerprint density at radius 1 is 1.29 bits per heavy atom. The number of aromatic hydroxyl groups is 1. The quantitative estimate of drug-likeness (QED) is 0.563. The molecule has 0 radical (unpaired) electrons. The zero-order valence-corrected chi connectivity index (χ0v) is 14.8. The summed E-state index contributed by atoms with van der Waals surface area (Å²) in [5.74, 6) is -0.867. The van der Waals surface area contributed by atoms with Crippen LogP contribution in [0.4, 0.5) is 5.69 Å². The smallest absolute Gasteiger partial charge is 0.257 e. The molecule has 2 N–H and O–H groups in total. The minimum atomic E-state index is -0.583. The number of hydrogen-bond acceptors (Lipinski definition) is 4. The van der Waals surface area contributed by atoms with Crippen LogP contribution in [0.3, 0.4) is 0 Å². The summed E-state index contributed by atoms with van der Waals surface area (Å²) in [6.07, 6.45) is 1.22. The predicted octanol–water partition coefficient (Wildman–Crippen LogP) is 4.70. The SMILES string of the molecule is CC(=Cc1ccc(O)c(Cl)c1C(=O)Nc1ccc(Br)cc1)[N+](=O)[O-]. The third-order valence-electron chi connectivity index (χ3n) is 3.14. The molecule has 0 fully saturated rings. The summed E-state index contributed by atoms with van der Waals surface area (Å²) in [5, 5.41) is 23.0. The van der Waals surface area contributed by atoms with E-state index in [2.05, 4.69) is 21.2 Å². The summed E-state index contributed by atoms with van der Waals surface area (Å²) in [4.78, 5) is 22.8. The number of hydrogen-bond donors (Lipinski definition) is 2. The predicted molar refractivity (Wildman–Crippen MR) is 95.9 cm³/mol. The fourth-order valence-corrected chi connectivity index (χ4v) is 2.46. The number of phenolic OH excluding ortho intramolecular Hbond substituents is 1.